The molecule has 0 amide bonds. The highest BCUT2D eigenvalue weighted by atomic mass is 14.9. The van der Waals surface area contributed by atoms with E-state index in [0.717, 1.165) is 31.9 Å². The zero-order valence-corrected chi connectivity index (χ0v) is 10.6. The van der Waals surface area contributed by atoms with E-state index in [2.05, 4.69) is 48.5 Å². The minimum atomic E-state index is 0.510. The zero-order chi connectivity index (χ0) is 11.8. The summed E-state index contributed by atoms with van der Waals surface area (Å²) in [5.41, 5.74) is 2.41. The molecule has 0 saturated heterocycles. The molecule has 0 aliphatic rings. The van der Waals surface area contributed by atoms with Crippen molar-refractivity contribution in [1.29, 1.82) is 0 Å². The molecule has 0 saturated carbocycles. The molecule has 0 spiro atoms. The molecule has 1 heterocycles. The lowest BCUT2D eigenvalue weighted by Crippen LogP contribution is -2.26. The Labute approximate surface area is 98.7 Å². The van der Waals surface area contributed by atoms with Gasteiger partial charge in [0.05, 0.1) is 0 Å². The molecule has 90 valence electrons. The van der Waals surface area contributed by atoms with Crippen LogP contribution in [0.25, 0.3) is 0 Å². The number of pyridine rings is 1. The van der Waals surface area contributed by atoms with E-state index < -0.39 is 0 Å². The highest BCUT2D eigenvalue weighted by molar-refractivity contribution is 5.15. The monoisotopic (exact) mass is 221 g/mol. The molecule has 0 aromatic carbocycles. The summed E-state index contributed by atoms with van der Waals surface area (Å²) in [4.78, 5) is 4.44. The molecule has 3 heteroatoms. The smallest absolute Gasteiger partial charge is 0.0429 e. The van der Waals surface area contributed by atoms with Gasteiger partial charge in [0.2, 0.25) is 0 Å². The summed E-state index contributed by atoms with van der Waals surface area (Å²) in [7, 11) is 0. The minimum absolute atomic E-state index is 0.510. The summed E-state index contributed by atoms with van der Waals surface area (Å²) in [6, 6.07) is 4.27. The Balaban J connectivity index is 2.27. The molecule has 0 fully saturated rings. The average molecular weight is 221 g/mol. The SMILES string of the molecule is CCNCCNCc1ccc(C(C)C)nc1. The van der Waals surface area contributed by atoms with Crippen LogP contribution in [0.1, 0.15) is 37.9 Å². The van der Waals surface area contributed by atoms with Gasteiger partial charge in [0.25, 0.3) is 0 Å². The van der Waals surface area contributed by atoms with Crippen molar-refractivity contribution >= 4 is 0 Å². The van der Waals surface area contributed by atoms with Crippen LogP contribution in [0.3, 0.4) is 0 Å². The fraction of sp³-hybridized carbons (Fsp3) is 0.615. The second-order valence-electron chi connectivity index (χ2n) is 4.28. The van der Waals surface area contributed by atoms with Gasteiger partial charge in [-0.1, -0.05) is 26.8 Å². The Morgan fingerprint density at radius 3 is 2.50 bits per heavy atom. The van der Waals surface area contributed by atoms with Gasteiger partial charge < -0.3 is 10.6 Å². The van der Waals surface area contributed by atoms with Crippen LogP contribution in [0.4, 0.5) is 0 Å². The number of nitrogens with one attached hydrogen (secondary N) is 2. The molecule has 3 nitrogen and oxygen atoms in total. The summed E-state index contributed by atoms with van der Waals surface area (Å²) in [5.74, 6) is 0.510. The van der Waals surface area contributed by atoms with Crippen molar-refractivity contribution in [2.75, 3.05) is 19.6 Å². The number of nitrogens with zero attached hydrogens (tertiary/aromatic N) is 1. The summed E-state index contributed by atoms with van der Waals surface area (Å²) >= 11 is 0. The first-order chi connectivity index (χ1) is 7.74. The Hall–Kier alpha value is -0.930. The maximum Gasteiger partial charge on any atom is 0.0429 e. The van der Waals surface area contributed by atoms with Crippen LogP contribution in [0.2, 0.25) is 0 Å². The molecule has 1 rings (SSSR count). The molecular weight excluding hydrogens is 198 g/mol. The lowest BCUT2D eigenvalue weighted by atomic mass is 10.1. The average Bonchev–Trinajstić information content (AvgIpc) is 2.29. The highest BCUT2D eigenvalue weighted by Crippen LogP contribution is 2.10. The Morgan fingerprint density at radius 2 is 1.94 bits per heavy atom. The van der Waals surface area contributed by atoms with Gasteiger partial charge >= 0.3 is 0 Å². The van der Waals surface area contributed by atoms with Crippen LogP contribution in [-0.2, 0) is 6.54 Å². The van der Waals surface area contributed by atoms with Gasteiger partial charge in [0.1, 0.15) is 0 Å². The van der Waals surface area contributed by atoms with E-state index in [0.29, 0.717) is 5.92 Å². The Kier molecular flexibility index (Phi) is 6.04. The van der Waals surface area contributed by atoms with Gasteiger partial charge in [-0.2, -0.15) is 0 Å². The van der Waals surface area contributed by atoms with Crippen molar-refractivity contribution in [2.45, 2.75) is 33.2 Å². The van der Waals surface area contributed by atoms with E-state index in [9.17, 15) is 0 Å². The first-order valence-electron chi connectivity index (χ1n) is 6.10. The van der Waals surface area contributed by atoms with Crippen LogP contribution in [0.15, 0.2) is 18.3 Å². The predicted molar refractivity (Wildman–Crippen MR) is 68.6 cm³/mol. The van der Waals surface area contributed by atoms with Gasteiger partial charge in [-0.25, -0.2) is 0 Å². The largest absolute Gasteiger partial charge is 0.316 e. The molecular formula is C13H23N3. The van der Waals surface area contributed by atoms with E-state index in [1.807, 2.05) is 6.20 Å². The quantitative estimate of drug-likeness (QED) is 0.691. The molecule has 16 heavy (non-hydrogen) atoms. The number of hydrogen-bond acceptors (Lipinski definition) is 3. The van der Waals surface area contributed by atoms with E-state index in [4.69, 9.17) is 0 Å². The third-order valence-electron chi connectivity index (χ3n) is 2.50. The van der Waals surface area contributed by atoms with Crippen molar-refractivity contribution in [3.8, 4) is 0 Å². The number of likely N-dealkylation sites (N-methyl/N-ethyl adjacent to an activating group) is 1. The van der Waals surface area contributed by atoms with Crippen LogP contribution in [0, 0.1) is 0 Å². The Bertz CT molecular complexity index is 280. The molecule has 0 radical (unpaired) electrons. The van der Waals surface area contributed by atoms with Crippen molar-refractivity contribution < 1.29 is 0 Å². The van der Waals surface area contributed by atoms with Crippen molar-refractivity contribution in [1.82, 2.24) is 15.6 Å². The lowest BCUT2D eigenvalue weighted by molar-refractivity contribution is 0.623. The summed E-state index contributed by atoms with van der Waals surface area (Å²) < 4.78 is 0. The van der Waals surface area contributed by atoms with Gasteiger partial charge in [0, 0.05) is 31.5 Å². The molecule has 0 bridgehead atoms. The second-order valence-corrected chi connectivity index (χ2v) is 4.28. The standard InChI is InChI=1S/C13H23N3/c1-4-14-7-8-15-9-12-5-6-13(11(2)3)16-10-12/h5-6,10-11,14-15H,4,7-9H2,1-3H3. The number of aromatic nitrogens is 1. The fourth-order valence-corrected chi connectivity index (χ4v) is 1.47. The van der Waals surface area contributed by atoms with E-state index in [-0.39, 0.29) is 0 Å². The van der Waals surface area contributed by atoms with Crippen molar-refractivity contribution in [3.63, 3.8) is 0 Å². The van der Waals surface area contributed by atoms with Crippen LogP contribution in [-0.4, -0.2) is 24.6 Å². The molecule has 0 aliphatic heterocycles. The maximum atomic E-state index is 4.44. The highest BCUT2D eigenvalue weighted by Gasteiger charge is 1.99. The topological polar surface area (TPSA) is 37.0 Å². The van der Waals surface area contributed by atoms with Crippen molar-refractivity contribution in [2.24, 2.45) is 0 Å². The summed E-state index contributed by atoms with van der Waals surface area (Å²) in [6.07, 6.45) is 1.97. The summed E-state index contributed by atoms with van der Waals surface area (Å²) in [6.45, 7) is 10.4. The van der Waals surface area contributed by atoms with Gasteiger partial charge in [0.15, 0.2) is 0 Å². The first-order valence-corrected chi connectivity index (χ1v) is 6.10. The van der Waals surface area contributed by atoms with E-state index in [1.165, 1.54) is 5.56 Å². The second kappa shape index (κ2) is 7.36. The molecule has 0 atom stereocenters. The normalized spacial score (nSPS) is 11.0. The molecule has 2 N–H and O–H groups in total. The van der Waals surface area contributed by atoms with E-state index in [1.54, 1.807) is 0 Å². The molecule has 0 aliphatic carbocycles. The van der Waals surface area contributed by atoms with E-state index >= 15 is 0 Å². The third-order valence-corrected chi connectivity index (χ3v) is 2.50. The van der Waals surface area contributed by atoms with Gasteiger partial charge in [-0.15, -0.1) is 0 Å². The zero-order valence-electron chi connectivity index (χ0n) is 10.6. The van der Waals surface area contributed by atoms with Crippen molar-refractivity contribution in [3.05, 3.63) is 29.6 Å². The molecule has 1 aromatic heterocycles. The van der Waals surface area contributed by atoms with Crippen LogP contribution in [0.5, 0.6) is 0 Å². The fourth-order valence-electron chi connectivity index (χ4n) is 1.47. The Morgan fingerprint density at radius 1 is 1.19 bits per heavy atom. The molecule has 0 unspecified atom stereocenters. The molecule has 1 aromatic rings. The number of rotatable bonds is 7. The van der Waals surface area contributed by atoms with Gasteiger partial charge in [-0.05, 0) is 24.1 Å². The summed E-state index contributed by atoms with van der Waals surface area (Å²) in [5, 5.41) is 6.66. The van der Waals surface area contributed by atoms with Crippen LogP contribution >= 0.6 is 0 Å². The van der Waals surface area contributed by atoms with Crippen LogP contribution < -0.4 is 10.6 Å². The third kappa shape index (κ3) is 4.73. The number of hydrogen-bond donors (Lipinski definition) is 2. The minimum Gasteiger partial charge on any atom is -0.316 e. The van der Waals surface area contributed by atoms with Gasteiger partial charge in [-0.3, -0.25) is 4.98 Å². The lowest BCUT2D eigenvalue weighted by Gasteiger charge is -2.07. The first kappa shape index (κ1) is 13.1. The maximum absolute atomic E-state index is 4.44. The predicted octanol–water partition coefficient (Wildman–Crippen LogP) is 1.90.